The molecule has 0 amide bonds. The Morgan fingerprint density at radius 3 is 2.44 bits per heavy atom. The summed E-state index contributed by atoms with van der Waals surface area (Å²) in [7, 11) is 1.59. The van der Waals surface area contributed by atoms with Crippen molar-refractivity contribution >= 4 is 40.4 Å². The molecule has 1 unspecified atom stereocenters. The molecule has 0 saturated heterocycles. The van der Waals surface area contributed by atoms with Gasteiger partial charge in [0.25, 0.3) is 0 Å². The molecule has 1 aliphatic heterocycles. The molecule has 6 heteroatoms. The van der Waals surface area contributed by atoms with E-state index >= 15 is 0 Å². The SMILES string of the molecule is COC1=CC(=O)CCC12CC(c1c(Cl)cccc1Cl)=NN2c1ccccc1. The smallest absolute Gasteiger partial charge is 0.159 e. The van der Waals surface area contributed by atoms with E-state index in [9.17, 15) is 4.79 Å². The van der Waals surface area contributed by atoms with E-state index in [0.29, 0.717) is 35.1 Å². The minimum atomic E-state index is -0.568. The molecule has 0 fully saturated rings. The number of hydrogen-bond acceptors (Lipinski definition) is 4. The summed E-state index contributed by atoms with van der Waals surface area (Å²) in [5.74, 6) is 0.680. The van der Waals surface area contributed by atoms with Crippen LogP contribution in [0.2, 0.25) is 10.0 Å². The summed E-state index contributed by atoms with van der Waals surface area (Å²) < 4.78 is 5.66. The summed E-state index contributed by atoms with van der Waals surface area (Å²) in [6.45, 7) is 0. The number of rotatable bonds is 3. The number of ether oxygens (including phenoxy) is 1. The molecular formula is C21H18Cl2N2O2. The van der Waals surface area contributed by atoms with Crippen molar-refractivity contribution in [2.75, 3.05) is 12.1 Å². The zero-order valence-corrected chi connectivity index (χ0v) is 16.3. The Bertz CT molecular complexity index is 936. The van der Waals surface area contributed by atoms with Crippen molar-refractivity contribution in [3.05, 3.63) is 76.0 Å². The van der Waals surface area contributed by atoms with E-state index in [4.69, 9.17) is 33.0 Å². The van der Waals surface area contributed by atoms with Gasteiger partial charge in [-0.1, -0.05) is 47.5 Å². The molecule has 1 aliphatic carbocycles. The number of anilines is 1. The van der Waals surface area contributed by atoms with Gasteiger partial charge in [0.15, 0.2) is 5.78 Å². The van der Waals surface area contributed by atoms with Crippen LogP contribution in [-0.2, 0) is 9.53 Å². The summed E-state index contributed by atoms with van der Waals surface area (Å²) in [5.41, 5.74) is 1.87. The molecule has 1 heterocycles. The summed E-state index contributed by atoms with van der Waals surface area (Å²) >= 11 is 12.9. The van der Waals surface area contributed by atoms with Gasteiger partial charge in [0, 0.05) is 24.5 Å². The lowest BCUT2D eigenvalue weighted by Gasteiger charge is -2.40. The molecule has 27 heavy (non-hydrogen) atoms. The van der Waals surface area contributed by atoms with Crippen LogP contribution in [0.15, 0.2) is 65.5 Å². The number of hydrazone groups is 1. The first-order valence-corrected chi connectivity index (χ1v) is 9.47. The average molecular weight is 401 g/mol. The zero-order valence-electron chi connectivity index (χ0n) is 14.8. The Balaban J connectivity index is 1.88. The lowest BCUT2D eigenvalue weighted by atomic mass is 9.80. The first-order chi connectivity index (χ1) is 13.0. The minimum absolute atomic E-state index is 0.0645. The van der Waals surface area contributed by atoms with Gasteiger partial charge in [-0.3, -0.25) is 9.80 Å². The van der Waals surface area contributed by atoms with Gasteiger partial charge in [-0.05, 0) is 30.7 Å². The molecule has 0 N–H and O–H groups in total. The Kier molecular flexibility index (Phi) is 4.70. The fraction of sp³-hybridized carbons (Fsp3) is 0.238. The molecule has 2 aromatic rings. The molecular weight excluding hydrogens is 383 g/mol. The van der Waals surface area contributed by atoms with E-state index in [1.165, 1.54) is 0 Å². The van der Waals surface area contributed by atoms with E-state index < -0.39 is 5.54 Å². The maximum Gasteiger partial charge on any atom is 0.159 e. The molecule has 4 rings (SSSR count). The van der Waals surface area contributed by atoms with E-state index in [2.05, 4.69) is 0 Å². The summed E-state index contributed by atoms with van der Waals surface area (Å²) in [4.78, 5) is 12.0. The van der Waals surface area contributed by atoms with Crippen molar-refractivity contribution < 1.29 is 9.53 Å². The highest BCUT2D eigenvalue weighted by atomic mass is 35.5. The maximum absolute atomic E-state index is 12.0. The number of ketones is 1. The summed E-state index contributed by atoms with van der Waals surface area (Å²) in [5, 5.41) is 7.96. The average Bonchev–Trinajstić information content (AvgIpc) is 3.04. The number of carbonyl (C=O) groups is 1. The minimum Gasteiger partial charge on any atom is -0.498 e. The standard InChI is InChI=1S/C21H18Cl2N2O2/c1-27-19-12-15(26)10-11-21(19)13-18(20-16(22)8-5-9-17(20)23)24-25(21)14-6-3-2-4-7-14/h2-9,12H,10-11,13H2,1H3. The number of hydrogen-bond donors (Lipinski definition) is 0. The molecule has 0 bridgehead atoms. The highest BCUT2D eigenvalue weighted by Gasteiger charge is 2.50. The predicted octanol–water partition coefficient (Wildman–Crippen LogP) is 5.24. The molecule has 0 aromatic heterocycles. The van der Waals surface area contributed by atoms with Crippen LogP contribution in [0.4, 0.5) is 5.69 Å². The van der Waals surface area contributed by atoms with Crippen LogP contribution in [0.3, 0.4) is 0 Å². The summed E-state index contributed by atoms with van der Waals surface area (Å²) in [6.07, 6.45) is 3.19. The van der Waals surface area contributed by atoms with E-state index in [1.807, 2.05) is 41.4 Å². The van der Waals surface area contributed by atoms with Crippen LogP contribution >= 0.6 is 23.2 Å². The van der Waals surface area contributed by atoms with Crippen molar-refractivity contribution in [3.8, 4) is 0 Å². The quantitative estimate of drug-likeness (QED) is 0.707. The fourth-order valence-electron chi connectivity index (χ4n) is 3.83. The van der Waals surface area contributed by atoms with Crippen LogP contribution < -0.4 is 5.01 Å². The van der Waals surface area contributed by atoms with Gasteiger partial charge in [-0.15, -0.1) is 0 Å². The van der Waals surface area contributed by atoms with Gasteiger partial charge in [0.05, 0.1) is 28.6 Å². The third-order valence-corrected chi connectivity index (χ3v) is 5.72. The third kappa shape index (κ3) is 3.03. The van der Waals surface area contributed by atoms with Crippen molar-refractivity contribution in [2.24, 2.45) is 5.10 Å². The van der Waals surface area contributed by atoms with E-state index in [-0.39, 0.29) is 5.78 Å². The lowest BCUT2D eigenvalue weighted by molar-refractivity contribution is -0.115. The number of methoxy groups -OCH3 is 1. The van der Waals surface area contributed by atoms with Crippen LogP contribution in [0, 0.1) is 0 Å². The second-order valence-corrected chi connectivity index (χ2v) is 7.49. The molecule has 0 radical (unpaired) electrons. The maximum atomic E-state index is 12.0. The first-order valence-electron chi connectivity index (χ1n) is 8.71. The predicted molar refractivity (Wildman–Crippen MR) is 109 cm³/mol. The molecule has 4 nitrogen and oxygen atoms in total. The van der Waals surface area contributed by atoms with Crippen molar-refractivity contribution in [3.63, 3.8) is 0 Å². The molecule has 2 aromatic carbocycles. The van der Waals surface area contributed by atoms with Gasteiger partial charge in [0.2, 0.25) is 0 Å². The molecule has 138 valence electrons. The number of carbonyl (C=O) groups excluding carboxylic acids is 1. The number of allylic oxidation sites excluding steroid dienone is 1. The second kappa shape index (κ2) is 7.02. The first kappa shape index (κ1) is 18.1. The van der Waals surface area contributed by atoms with Crippen LogP contribution in [0.25, 0.3) is 0 Å². The van der Waals surface area contributed by atoms with E-state index in [0.717, 1.165) is 17.0 Å². The van der Waals surface area contributed by atoms with Gasteiger partial charge in [-0.25, -0.2) is 0 Å². The monoisotopic (exact) mass is 400 g/mol. The largest absolute Gasteiger partial charge is 0.498 e. The Labute approximate surface area is 168 Å². The lowest BCUT2D eigenvalue weighted by Crippen LogP contribution is -2.47. The summed E-state index contributed by atoms with van der Waals surface area (Å²) in [6, 6.07) is 15.3. The highest BCUT2D eigenvalue weighted by molar-refractivity contribution is 6.40. The highest BCUT2D eigenvalue weighted by Crippen LogP contribution is 2.46. The number of para-hydroxylation sites is 1. The topological polar surface area (TPSA) is 41.9 Å². The van der Waals surface area contributed by atoms with Gasteiger partial charge < -0.3 is 4.74 Å². The normalized spacial score (nSPS) is 22.0. The Morgan fingerprint density at radius 2 is 1.78 bits per heavy atom. The number of halogens is 2. The van der Waals surface area contributed by atoms with Gasteiger partial charge in [-0.2, -0.15) is 5.10 Å². The second-order valence-electron chi connectivity index (χ2n) is 6.68. The van der Waals surface area contributed by atoms with Crippen LogP contribution in [-0.4, -0.2) is 24.1 Å². The van der Waals surface area contributed by atoms with Gasteiger partial charge >= 0.3 is 0 Å². The van der Waals surface area contributed by atoms with Crippen molar-refractivity contribution in [1.82, 2.24) is 0 Å². The Hall–Kier alpha value is -2.30. The zero-order chi connectivity index (χ0) is 19.0. The Morgan fingerprint density at radius 1 is 1.07 bits per heavy atom. The molecule has 1 atom stereocenters. The van der Waals surface area contributed by atoms with E-state index in [1.54, 1.807) is 25.3 Å². The number of nitrogens with zero attached hydrogens (tertiary/aromatic N) is 2. The number of benzene rings is 2. The van der Waals surface area contributed by atoms with Crippen LogP contribution in [0.1, 0.15) is 24.8 Å². The van der Waals surface area contributed by atoms with Crippen molar-refractivity contribution in [1.29, 1.82) is 0 Å². The molecule has 0 saturated carbocycles. The van der Waals surface area contributed by atoms with Crippen molar-refractivity contribution in [2.45, 2.75) is 24.8 Å². The van der Waals surface area contributed by atoms with Gasteiger partial charge in [0.1, 0.15) is 11.3 Å². The molecule has 2 aliphatic rings. The fourth-order valence-corrected chi connectivity index (χ4v) is 4.45. The molecule has 1 spiro atoms. The third-order valence-electron chi connectivity index (χ3n) is 5.09. The van der Waals surface area contributed by atoms with Crippen LogP contribution in [0.5, 0.6) is 0 Å².